The first-order valence-electron chi connectivity index (χ1n) is 9.87. The summed E-state index contributed by atoms with van der Waals surface area (Å²) in [5.74, 6) is -0.634. The maximum Gasteiger partial charge on any atom is 0.349 e. The van der Waals surface area contributed by atoms with Gasteiger partial charge in [0, 0.05) is 23.5 Å². The predicted molar refractivity (Wildman–Crippen MR) is 129 cm³/mol. The minimum atomic E-state index is -0.700. The van der Waals surface area contributed by atoms with Gasteiger partial charge in [-0.3, -0.25) is 4.79 Å². The lowest BCUT2D eigenvalue weighted by molar-refractivity contribution is 0.0994. The molecule has 6 nitrogen and oxygen atoms in total. The Labute approximate surface area is 194 Å². The number of methoxy groups -OCH3 is 1. The van der Waals surface area contributed by atoms with Crippen molar-refractivity contribution in [2.45, 2.75) is 6.54 Å². The Balaban J connectivity index is 1.69. The molecule has 5 rings (SSSR count). The molecule has 1 amide bonds. The Morgan fingerprint density at radius 1 is 1.12 bits per heavy atom. The van der Waals surface area contributed by atoms with E-state index in [0.717, 1.165) is 25.5 Å². The number of carbonyl (C=O) groups is 1. The number of thiazole rings is 1. The highest BCUT2D eigenvalue weighted by atomic mass is 79.9. The second kappa shape index (κ2) is 8.46. The van der Waals surface area contributed by atoms with Crippen molar-refractivity contribution in [1.29, 1.82) is 0 Å². The molecule has 0 saturated heterocycles. The third-order valence-corrected chi connectivity index (χ3v) is 6.77. The molecule has 3 aromatic carbocycles. The fourth-order valence-corrected chi connectivity index (χ4v) is 5.31. The van der Waals surface area contributed by atoms with E-state index in [1.807, 2.05) is 53.1 Å². The second-order valence-corrected chi connectivity index (χ2v) is 9.13. The van der Waals surface area contributed by atoms with Crippen molar-refractivity contribution in [2.24, 2.45) is 4.99 Å². The molecule has 0 unspecified atom stereocenters. The van der Waals surface area contributed by atoms with Gasteiger partial charge in [0.25, 0.3) is 5.91 Å². The lowest BCUT2D eigenvalue weighted by Gasteiger charge is -2.05. The van der Waals surface area contributed by atoms with Gasteiger partial charge in [0.1, 0.15) is 11.1 Å². The van der Waals surface area contributed by atoms with Crippen molar-refractivity contribution in [3.8, 4) is 0 Å². The first-order chi connectivity index (χ1) is 15.5. The average molecular weight is 509 g/mol. The van der Waals surface area contributed by atoms with Crippen molar-refractivity contribution in [1.82, 2.24) is 4.57 Å². The Morgan fingerprint density at radius 3 is 2.81 bits per heavy atom. The fraction of sp³-hybridized carbons (Fsp3) is 0.125. The smallest absolute Gasteiger partial charge is 0.349 e. The topological polar surface area (TPSA) is 73.8 Å². The zero-order valence-electron chi connectivity index (χ0n) is 17.0. The van der Waals surface area contributed by atoms with Gasteiger partial charge in [0.2, 0.25) is 0 Å². The zero-order chi connectivity index (χ0) is 22.2. The molecule has 0 bridgehead atoms. The van der Waals surface area contributed by atoms with Gasteiger partial charge < -0.3 is 13.7 Å². The monoisotopic (exact) mass is 508 g/mol. The molecule has 0 saturated carbocycles. The summed E-state index contributed by atoms with van der Waals surface area (Å²) in [7, 11) is 1.62. The van der Waals surface area contributed by atoms with Gasteiger partial charge in [-0.25, -0.2) is 4.79 Å². The summed E-state index contributed by atoms with van der Waals surface area (Å²) in [5, 5.41) is 2.61. The number of nitrogens with zero attached hydrogens (tertiary/aromatic N) is 2. The quantitative estimate of drug-likeness (QED) is 0.249. The average Bonchev–Trinajstić information content (AvgIpc) is 3.12. The summed E-state index contributed by atoms with van der Waals surface area (Å²) in [6.45, 7) is 0.995. The van der Waals surface area contributed by atoms with Gasteiger partial charge in [-0.15, -0.1) is 0 Å². The van der Waals surface area contributed by atoms with Gasteiger partial charge in [-0.05, 0) is 41.1 Å². The third-order valence-electron chi connectivity index (χ3n) is 5.23. The summed E-state index contributed by atoms with van der Waals surface area (Å²) >= 11 is 4.86. The summed E-state index contributed by atoms with van der Waals surface area (Å²) in [6, 6.07) is 18.8. The van der Waals surface area contributed by atoms with Crippen LogP contribution in [0.5, 0.6) is 0 Å². The first-order valence-corrected chi connectivity index (χ1v) is 11.5. The van der Waals surface area contributed by atoms with Gasteiger partial charge in [0.05, 0.1) is 16.8 Å². The van der Waals surface area contributed by atoms with Crippen molar-refractivity contribution >= 4 is 65.1 Å². The van der Waals surface area contributed by atoms with Crippen molar-refractivity contribution in [3.63, 3.8) is 0 Å². The largest absolute Gasteiger partial charge is 0.422 e. The van der Waals surface area contributed by atoms with E-state index < -0.39 is 11.5 Å². The SMILES string of the molecule is COCCn1c(=NC(=O)c2cc3c(ccc4ccccc43)oc2=O)sc2cc(Br)ccc21. The van der Waals surface area contributed by atoms with Crippen LogP contribution in [0.1, 0.15) is 10.4 Å². The van der Waals surface area contributed by atoms with E-state index in [1.54, 1.807) is 19.2 Å². The van der Waals surface area contributed by atoms with Crippen LogP contribution in [-0.4, -0.2) is 24.2 Å². The maximum atomic E-state index is 13.1. The van der Waals surface area contributed by atoms with Crippen LogP contribution in [-0.2, 0) is 11.3 Å². The predicted octanol–water partition coefficient (Wildman–Crippen LogP) is 5.11. The number of fused-ring (bicyclic) bond motifs is 4. The normalized spacial score (nSPS) is 12.2. The van der Waals surface area contributed by atoms with E-state index in [-0.39, 0.29) is 5.56 Å². The number of ether oxygens (including phenoxy) is 1. The molecule has 2 heterocycles. The van der Waals surface area contributed by atoms with Gasteiger partial charge in [-0.1, -0.05) is 57.6 Å². The Bertz CT molecular complexity index is 1630. The molecule has 0 radical (unpaired) electrons. The lowest BCUT2D eigenvalue weighted by atomic mass is 10.0. The molecule has 32 heavy (non-hydrogen) atoms. The molecule has 0 aliphatic carbocycles. The molecule has 8 heteroatoms. The number of carbonyl (C=O) groups excluding carboxylic acids is 1. The van der Waals surface area contributed by atoms with E-state index in [1.165, 1.54) is 11.3 Å². The standard InChI is InChI=1S/C24H17BrN2O4S/c1-30-11-10-27-19-8-7-15(25)12-21(19)32-24(27)26-22(28)18-13-17-16-5-3-2-4-14(16)6-9-20(17)31-23(18)29/h2-9,12-13H,10-11H2,1H3. The minimum Gasteiger partial charge on any atom is -0.422 e. The molecule has 0 fully saturated rings. The van der Waals surface area contributed by atoms with Crippen LogP contribution in [0.15, 0.2) is 79.3 Å². The van der Waals surface area contributed by atoms with E-state index in [2.05, 4.69) is 20.9 Å². The van der Waals surface area contributed by atoms with Crippen LogP contribution < -0.4 is 10.4 Å². The highest BCUT2D eigenvalue weighted by Gasteiger charge is 2.16. The fourth-order valence-electron chi connectivity index (χ4n) is 3.70. The van der Waals surface area contributed by atoms with Crippen LogP contribution in [0.25, 0.3) is 32.0 Å². The highest BCUT2D eigenvalue weighted by Crippen LogP contribution is 2.25. The molecule has 0 spiro atoms. The van der Waals surface area contributed by atoms with E-state index >= 15 is 0 Å². The van der Waals surface area contributed by atoms with Crippen LogP contribution in [0.2, 0.25) is 0 Å². The highest BCUT2D eigenvalue weighted by molar-refractivity contribution is 9.10. The Kier molecular flexibility index (Phi) is 5.50. The molecular formula is C24H17BrN2O4S. The molecule has 0 atom stereocenters. The zero-order valence-corrected chi connectivity index (χ0v) is 19.4. The minimum absolute atomic E-state index is 0.0919. The summed E-state index contributed by atoms with van der Waals surface area (Å²) in [6.07, 6.45) is 0. The molecule has 0 aliphatic heterocycles. The van der Waals surface area contributed by atoms with Crippen molar-refractivity contribution in [3.05, 3.63) is 85.9 Å². The molecule has 0 aliphatic rings. The van der Waals surface area contributed by atoms with E-state index in [0.29, 0.717) is 28.9 Å². The van der Waals surface area contributed by atoms with Crippen molar-refractivity contribution < 1.29 is 13.9 Å². The van der Waals surface area contributed by atoms with Gasteiger partial charge >= 0.3 is 5.63 Å². The number of halogens is 1. The number of benzene rings is 3. The number of hydrogen-bond donors (Lipinski definition) is 0. The summed E-state index contributed by atoms with van der Waals surface area (Å²) in [5.41, 5.74) is 0.588. The third kappa shape index (κ3) is 3.70. The molecule has 2 aromatic heterocycles. The van der Waals surface area contributed by atoms with Crippen LogP contribution in [0.3, 0.4) is 0 Å². The first kappa shape index (κ1) is 20.8. The Hall–Kier alpha value is -3.07. The van der Waals surface area contributed by atoms with Crippen LogP contribution in [0.4, 0.5) is 0 Å². The van der Waals surface area contributed by atoms with E-state index in [4.69, 9.17) is 9.15 Å². The maximum absolute atomic E-state index is 13.1. The van der Waals surface area contributed by atoms with E-state index in [9.17, 15) is 9.59 Å². The van der Waals surface area contributed by atoms with Gasteiger partial charge in [-0.2, -0.15) is 4.99 Å². The number of rotatable bonds is 4. The molecular weight excluding hydrogens is 492 g/mol. The van der Waals surface area contributed by atoms with Crippen molar-refractivity contribution in [2.75, 3.05) is 13.7 Å². The Morgan fingerprint density at radius 2 is 1.97 bits per heavy atom. The second-order valence-electron chi connectivity index (χ2n) is 7.20. The number of aromatic nitrogens is 1. The summed E-state index contributed by atoms with van der Waals surface area (Å²) < 4.78 is 14.5. The lowest BCUT2D eigenvalue weighted by Crippen LogP contribution is -2.21. The number of hydrogen-bond acceptors (Lipinski definition) is 5. The molecule has 0 N–H and O–H groups in total. The van der Waals surface area contributed by atoms with Gasteiger partial charge in [0.15, 0.2) is 4.80 Å². The van der Waals surface area contributed by atoms with Crippen LogP contribution >= 0.6 is 27.3 Å². The molecule has 5 aromatic rings. The summed E-state index contributed by atoms with van der Waals surface area (Å²) in [4.78, 5) is 30.5. The number of amides is 1. The molecule has 160 valence electrons. The van der Waals surface area contributed by atoms with Crippen LogP contribution in [0, 0.1) is 0 Å².